The average Bonchev–Trinajstić information content (AvgIpc) is 2.76. The summed E-state index contributed by atoms with van der Waals surface area (Å²) in [6.07, 6.45) is 2.89. The Hall–Kier alpha value is -1.88. The van der Waals surface area contributed by atoms with Crippen molar-refractivity contribution < 1.29 is 13.6 Å². The lowest BCUT2D eigenvalue weighted by Gasteiger charge is -2.00. The van der Waals surface area contributed by atoms with E-state index >= 15 is 0 Å². The van der Waals surface area contributed by atoms with E-state index in [4.69, 9.17) is 4.42 Å². The SMILES string of the molecule is O=C(/C=C/c1ccc(Br)o1)Nc1ccc(F)cc1. The van der Waals surface area contributed by atoms with E-state index in [-0.39, 0.29) is 11.7 Å². The molecule has 0 atom stereocenters. The zero-order valence-electron chi connectivity index (χ0n) is 9.19. The fraction of sp³-hybridized carbons (Fsp3) is 0. The summed E-state index contributed by atoms with van der Waals surface area (Å²) in [7, 11) is 0. The molecule has 1 N–H and O–H groups in total. The fourth-order valence-electron chi connectivity index (χ4n) is 1.29. The van der Waals surface area contributed by atoms with Gasteiger partial charge in [-0.15, -0.1) is 0 Å². The minimum absolute atomic E-state index is 0.311. The predicted molar refractivity (Wildman–Crippen MR) is 70.5 cm³/mol. The second-order valence-corrected chi connectivity index (χ2v) is 4.25. The van der Waals surface area contributed by atoms with Gasteiger partial charge in [0.25, 0.3) is 0 Å². The van der Waals surface area contributed by atoms with Crippen molar-refractivity contribution in [1.82, 2.24) is 0 Å². The minimum Gasteiger partial charge on any atom is -0.450 e. The van der Waals surface area contributed by atoms with Gasteiger partial charge in [-0.1, -0.05) is 0 Å². The molecule has 92 valence electrons. The number of rotatable bonds is 3. The molecule has 0 fully saturated rings. The molecule has 0 aliphatic rings. The van der Waals surface area contributed by atoms with E-state index in [1.54, 1.807) is 18.2 Å². The van der Waals surface area contributed by atoms with Gasteiger partial charge in [-0.2, -0.15) is 0 Å². The van der Waals surface area contributed by atoms with Crippen LogP contribution in [0.2, 0.25) is 0 Å². The molecule has 3 nitrogen and oxygen atoms in total. The van der Waals surface area contributed by atoms with Gasteiger partial charge in [-0.05, 0) is 58.4 Å². The van der Waals surface area contributed by atoms with Crippen molar-refractivity contribution in [3.8, 4) is 0 Å². The maximum Gasteiger partial charge on any atom is 0.248 e. The Morgan fingerprint density at radius 3 is 2.56 bits per heavy atom. The van der Waals surface area contributed by atoms with Crippen LogP contribution in [0.4, 0.5) is 10.1 Å². The molecule has 1 aromatic carbocycles. The van der Waals surface area contributed by atoms with Crippen molar-refractivity contribution in [2.75, 3.05) is 5.32 Å². The lowest BCUT2D eigenvalue weighted by atomic mass is 10.3. The van der Waals surface area contributed by atoms with E-state index < -0.39 is 0 Å². The first-order valence-electron chi connectivity index (χ1n) is 5.13. The molecular formula is C13H9BrFNO2. The lowest BCUT2D eigenvalue weighted by Crippen LogP contribution is -2.07. The summed E-state index contributed by atoms with van der Waals surface area (Å²) in [5.41, 5.74) is 0.534. The molecule has 0 saturated carbocycles. The number of nitrogens with one attached hydrogen (secondary N) is 1. The number of benzene rings is 1. The molecule has 2 aromatic rings. The number of hydrogen-bond donors (Lipinski definition) is 1. The Morgan fingerprint density at radius 2 is 1.94 bits per heavy atom. The van der Waals surface area contributed by atoms with Crippen LogP contribution in [0.3, 0.4) is 0 Å². The standard InChI is InChI=1S/C13H9BrFNO2/c14-12-7-5-11(18-12)6-8-13(17)16-10-3-1-9(15)2-4-10/h1-8H,(H,16,17)/b8-6+. The maximum atomic E-state index is 12.7. The van der Waals surface area contributed by atoms with E-state index in [1.165, 1.54) is 30.3 Å². The molecule has 0 saturated heterocycles. The van der Waals surface area contributed by atoms with E-state index in [9.17, 15) is 9.18 Å². The number of amides is 1. The van der Waals surface area contributed by atoms with Gasteiger partial charge in [0, 0.05) is 11.8 Å². The summed E-state index contributed by atoms with van der Waals surface area (Å²) < 4.78 is 18.5. The zero-order chi connectivity index (χ0) is 13.0. The van der Waals surface area contributed by atoms with E-state index in [2.05, 4.69) is 21.2 Å². The average molecular weight is 310 g/mol. The number of halogens is 2. The maximum absolute atomic E-state index is 12.7. The van der Waals surface area contributed by atoms with Gasteiger partial charge in [0.05, 0.1) is 0 Å². The Bertz CT molecular complexity index is 575. The van der Waals surface area contributed by atoms with Crippen LogP contribution in [0.1, 0.15) is 5.76 Å². The lowest BCUT2D eigenvalue weighted by molar-refractivity contribution is -0.111. The molecule has 0 aliphatic carbocycles. The first-order valence-corrected chi connectivity index (χ1v) is 5.93. The van der Waals surface area contributed by atoms with Crippen molar-refractivity contribution in [1.29, 1.82) is 0 Å². The largest absolute Gasteiger partial charge is 0.450 e. The highest BCUT2D eigenvalue weighted by Crippen LogP contribution is 2.15. The molecule has 0 aliphatic heterocycles. The minimum atomic E-state index is -0.344. The Kier molecular flexibility index (Phi) is 3.94. The number of carbonyl (C=O) groups is 1. The third-order valence-electron chi connectivity index (χ3n) is 2.10. The smallest absolute Gasteiger partial charge is 0.248 e. The van der Waals surface area contributed by atoms with Crippen molar-refractivity contribution in [2.24, 2.45) is 0 Å². The zero-order valence-corrected chi connectivity index (χ0v) is 10.8. The van der Waals surface area contributed by atoms with Gasteiger partial charge in [0.2, 0.25) is 5.91 Å². The molecule has 1 aromatic heterocycles. The van der Waals surface area contributed by atoms with Gasteiger partial charge < -0.3 is 9.73 Å². The van der Waals surface area contributed by atoms with Crippen LogP contribution in [-0.4, -0.2) is 5.91 Å². The van der Waals surface area contributed by atoms with Crippen LogP contribution >= 0.6 is 15.9 Å². The quantitative estimate of drug-likeness (QED) is 0.875. The molecule has 2 rings (SSSR count). The van der Waals surface area contributed by atoms with Crippen LogP contribution in [0.15, 0.2) is 51.6 Å². The number of carbonyl (C=O) groups excluding carboxylic acids is 1. The summed E-state index contributed by atoms with van der Waals surface area (Å²) in [5, 5.41) is 2.60. The molecule has 1 amide bonds. The summed E-state index contributed by atoms with van der Waals surface area (Å²) in [5.74, 6) is -0.0887. The van der Waals surface area contributed by atoms with Gasteiger partial charge in [-0.3, -0.25) is 4.79 Å². The highest BCUT2D eigenvalue weighted by Gasteiger charge is 1.99. The van der Waals surface area contributed by atoms with Crippen LogP contribution < -0.4 is 5.32 Å². The first kappa shape index (κ1) is 12.6. The summed E-state index contributed by atoms with van der Waals surface area (Å²) in [4.78, 5) is 11.5. The predicted octanol–water partition coefficient (Wildman–Crippen LogP) is 3.83. The summed E-state index contributed by atoms with van der Waals surface area (Å²) in [6.45, 7) is 0. The van der Waals surface area contributed by atoms with Gasteiger partial charge in [0.15, 0.2) is 4.67 Å². The first-order chi connectivity index (χ1) is 8.63. The normalized spacial score (nSPS) is 10.8. The van der Waals surface area contributed by atoms with Gasteiger partial charge in [0.1, 0.15) is 11.6 Å². The van der Waals surface area contributed by atoms with E-state index in [0.29, 0.717) is 16.1 Å². The second-order valence-electron chi connectivity index (χ2n) is 3.47. The summed E-state index contributed by atoms with van der Waals surface area (Å²) >= 11 is 3.16. The van der Waals surface area contributed by atoms with E-state index in [0.717, 1.165) is 0 Å². The topological polar surface area (TPSA) is 42.2 Å². The third kappa shape index (κ3) is 3.56. The second kappa shape index (κ2) is 5.64. The molecule has 18 heavy (non-hydrogen) atoms. The number of anilines is 1. The number of furan rings is 1. The molecular weight excluding hydrogens is 301 g/mol. The van der Waals surface area contributed by atoms with E-state index in [1.807, 2.05) is 0 Å². The Morgan fingerprint density at radius 1 is 1.22 bits per heavy atom. The van der Waals surface area contributed by atoms with Gasteiger partial charge in [-0.25, -0.2) is 4.39 Å². The van der Waals surface area contributed by atoms with Crippen molar-refractivity contribution >= 4 is 33.6 Å². The van der Waals surface area contributed by atoms with Crippen LogP contribution in [0, 0.1) is 5.82 Å². The Balaban J connectivity index is 1.96. The Labute approximate surface area is 111 Å². The highest BCUT2D eigenvalue weighted by molar-refractivity contribution is 9.10. The molecule has 0 spiro atoms. The summed E-state index contributed by atoms with van der Waals surface area (Å²) in [6, 6.07) is 9.00. The molecule has 0 unspecified atom stereocenters. The molecule has 1 heterocycles. The van der Waals surface area contributed by atoms with Crippen LogP contribution in [-0.2, 0) is 4.79 Å². The van der Waals surface area contributed by atoms with Gasteiger partial charge >= 0.3 is 0 Å². The number of hydrogen-bond acceptors (Lipinski definition) is 2. The van der Waals surface area contributed by atoms with Crippen molar-refractivity contribution in [3.63, 3.8) is 0 Å². The monoisotopic (exact) mass is 309 g/mol. The fourth-order valence-corrected chi connectivity index (χ4v) is 1.61. The third-order valence-corrected chi connectivity index (χ3v) is 2.53. The van der Waals surface area contributed by atoms with Crippen LogP contribution in [0.25, 0.3) is 6.08 Å². The molecule has 0 bridgehead atoms. The molecule has 0 radical (unpaired) electrons. The van der Waals surface area contributed by atoms with Crippen molar-refractivity contribution in [3.05, 3.63) is 58.7 Å². The van der Waals surface area contributed by atoms with Crippen LogP contribution in [0.5, 0.6) is 0 Å². The van der Waals surface area contributed by atoms with Crippen molar-refractivity contribution in [2.45, 2.75) is 0 Å². The molecule has 5 heteroatoms. The highest BCUT2D eigenvalue weighted by atomic mass is 79.9.